The van der Waals surface area contributed by atoms with Gasteiger partial charge in [0.25, 0.3) is 0 Å². The van der Waals surface area contributed by atoms with Crippen molar-refractivity contribution in [2.75, 3.05) is 30.0 Å². The van der Waals surface area contributed by atoms with Gasteiger partial charge in [0.15, 0.2) is 11.6 Å². The van der Waals surface area contributed by atoms with Crippen LogP contribution in [0.2, 0.25) is 5.28 Å². The lowest BCUT2D eigenvalue weighted by molar-refractivity contribution is 0.116. The van der Waals surface area contributed by atoms with Crippen molar-refractivity contribution in [1.29, 1.82) is 0 Å². The average molecular weight is 338 g/mol. The van der Waals surface area contributed by atoms with Crippen molar-refractivity contribution in [3.8, 4) is 0 Å². The Balaban J connectivity index is 2.02. The largest absolute Gasteiger partial charge is 0.391 e. The molecule has 1 aliphatic rings. The van der Waals surface area contributed by atoms with E-state index in [1.807, 2.05) is 0 Å². The third-order valence-corrected chi connectivity index (χ3v) is 4.20. The number of nitrogens with zero attached hydrogens (tertiary/aromatic N) is 4. The molecule has 0 aliphatic heterocycles. The van der Waals surface area contributed by atoms with Crippen LogP contribution in [-0.4, -0.2) is 51.3 Å². The minimum Gasteiger partial charge on any atom is -0.391 e. The standard InChI is InChI=1S/C14H20ClN7O/c1-16-11-10-9(19-13(15)21-11)12(17-2)22-14(20-10)18-7-5-3-4-6-8(7)23/h7-8,23H,3-6H2,1-2H3,(H,16,19,21)(H2,17,18,20,22)/t7-,8-/m0/s1. The van der Waals surface area contributed by atoms with Crippen LogP contribution in [-0.2, 0) is 0 Å². The summed E-state index contributed by atoms with van der Waals surface area (Å²) in [7, 11) is 3.51. The van der Waals surface area contributed by atoms with Gasteiger partial charge in [-0.2, -0.15) is 9.97 Å². The molecular formula is C14H20ClN7O. The van der Waals surface area contributed by atoms with E-state index in [0.717, 1.165) is 25.7 Å². The summed E-state index contributed by atoms with van der Waals surface area (Å²) < 4.78 is 0. The number of hydrogen-bond donors (Lipinski definition) is 4. The first kappa shape index (κ1) is 15.9. The summed E-state index contributed by atoms with van der Waals surface area (Å²) in [5.41, 5.74) is 1.12. The summed E-state index contributed by atoms with van der Waals surface area (Å²) in [5.74, 6) is 1.53. The molecule has 9 heteroatoms. The van der Waals surface area contributed by atoms with Crippen molar-refractivity contribution in [3.63, 3.8) is 0 Å². The van der Waals surface area contributed by atoms with Gasteiger partial charge in [-0.1, -0.05) is 12.8 Å². The molecule has 0 bridgehead atoms. The zero-order chi connectivity index (χ0) is 16.4. The fourth-order valence-electron chi connectivity index (χ4n) is 2.85. The molecular weight excluding hydrogens is 318 g/mol. The molecule has 0 aromatic carbocycles. The highest BCUT2D eigenvalue weighted by Crippen LogP contribution is 2.27. The van der Waals surface area contributed by atoms with E-state index in [9.17, 15) is 5.11 Å². The molecule has 0 saturated heterocycles. The van der Waals surface area contributed by atoms with Crippen molar-refractivity contribution in [1.82, 2.24) is 19.9 Å². The highest BCUT2D eigenvalue weighted by Gasteiger charge is 2.24. The van der Waals surface area contributed by atoms with Gasteiger partial charge in [0.2, 0.25) is 11.2 Å². The molecule has 3 rings (SSSR count). The summed E-state index contributed by atoms with van der Waals surface area (Å²) in [6, 6.07) is -0.0443. The molecule has 2 heterocycles. The van der Waals surface area contributed by atoms with E-state index in [1.54, 1.807) is 14.1 Å². The zero-order valence-electron chi connectivity index (χ0n) is 13.1. The van der Waals surface area contributed by atoms with Crippen molar-refractivity contribution in [2.45, 2.75) is 37.8 Å². The topological polar surface area (TPSA) is 108 Å². The van der Waals surface area contributed by atoms with Gasteiger partial charge in [-0.3, -0.25) is 0 Å². The van der Waals surface area contributed by atoms with Crippen molar-refractivity contribution in [2.24, 2.45) is 0 Å². The van der Waals surface area contributed by atoms with Crippen molar-refractivity contribution >= 4 is 40.2 Å². The van der Waals surface area contributed by atoms with Gasteiger partial charge in [-0.15, -0.1) is 0 Å². The highest BCUT2D eigenvalue weighted by atomic mass is 35.5. The van der Waals surface area contributed by atoms with Gasteiger partial charge in [0.05, 0.1) is 12.1 Å². The molecule has 4 N–H and O–H groups in total. The van der Waals surface area contributed by atoms with Crippen LogP contribution in [0.4, 0.5) is 17.6 Å². The fraction of sp³-hybridized carbons (Fsp3) is 0.571. The summed E-state index contributed by atoms with van der Waals surface area (Å²) in [6.07, 6.45) is 3.45. The summed E-state index contributed by atoms with van der Waals surface area (Å²) in [5, 5.41) is 19.5. The Labute approximate surface area is 139 Å². The number of halogens is 1. The van der Waals surface area contributed by atoms with E-state index in [4.69, 9.17) is 11.6 Å². The van der Waals surface area contributed by atoms with Gasteiger partial charge in [-0.05, 0) is 24.4 Å². The van der Waals surface area contributed by atoms with Crippen molar-refractivity contribution < 1.29 is 5.11 Å². The summed E-state index contributed by atoms with van der Waals surface area (Å²) in [4.78, 5) is 17.3. The van der Waals surface area contributed by atoms with Gasteiger partial charge < -0.3 is 21.1 Å². The first-order valence-corrected chi connectivity index (χ1v) is 8.05. The number of nitrogens with one attached hydrogen (secondary N) is 3. The van der Waals surface area contributed by atoms with E-state index < -0.39 is 0 Å². The lowest BCUT2D eigenvalue weighted by Crippen LogP contribution is -2.36. The number of aromatic nitrogens is 4. The van der Waals surface area contributed by atoms with Crippen LogP contribution in [0.3, 0.4) is 0 Å². The predicted octanol–water partition coefficient (Wildman–Crippen LogP) is 1.87. The fourth-order valence-corrected chi connectivity index (χ4v) is 3.02. The van der Waals surface area contributed by atoms with E-state index in [-0.39, 0.29) is 17.4 Å². The first-order valence-electron chi connectivity index (χ1n) is 7.67. The third-order valence-electron chi connectivity index (χ3n) is 4.03. The molecule has 1 saturated carbocycles. The summed E-state index contributed by atoms with van der Waals surface area (Å²) >= 11 is 5.95. The molecule has 0 radical (unpaired) electrons. The maximum atomic E-state index is 10.1. The van der Waals surface area contributed by atoms with E-state index >= 15 is 0 Å². The Bertz CT molecular complexity index is 711. The van der Waals surface area contributed by atoms with Crippen LogP contribution < -0.4 is 16.0 Å². The lowest BCUT2D eigenvalue weighted by Gasteiger charge is -2.28. The van der Waals surface area contributed by atoms with E-state index in [2.05, 4.69) is 35.9 Å². The molecule has 2 aromatic rings. The molecule has 23 heavy (non-hydrogen) atoms. The van der Waals surface area contributed by atoms with Crippen LogP contribution in [0.1, 0.15) is 25.7 Å². The van der Waals surface area contributed by atoms with Gasteiger partial charge >= 0.3 is 0 Å². The molecule has 1 aliphatic carbocycles. The lowest BCUT2D eigenvalue weighted by atomic mass is 9.93. The second-order valence-corrected chi connectivity index (χ2v) is 5.87. The zero-order valence-corrected chi connectivity index (χ0v) is 13.9. The molecule has 0 unspecified atom stereocenters. The maximum Gasteiger partial charge on any atom is 0.225 e. The normalized spacial score (nSPS) is 21.2. The molecule has 0 spiro atoms. The quantitative estimate of drug-likeness (QED) is 0.626. The van der Waals surface area contributed by atoms with E-state index in [0.29, 0.717) is 28.6 Å². The Morgan fingerprint density at radius 2 is 1.61 bits per heavy atom. The Morgan fingerprint density at radius 1 is 0.957 bits per heavy atom. The maximum absolute atomic E-state index is 10.1. The molecule has 0 amide bonds. The van der Waals surface area contributed by atoms with Gasteiger partial charge in [0.1, 0.15) is 11.0 Å². The highest BCUT2D eigenvalue weighted by molar-refractivity contribution is 6.29. The molecule has 1 fully saturated rings. The van der Waals surface area contributed by atoms with Crippen LogP contribution in [0.15, 0.2) is 0 Å². The number of aliphatic hydroxyl groups is 1. The Kier molecular flexibility index (Phi) is 4.63. The van der Waals surface area contributed by atoms with Gasteiger partial charge in [-0.25, -0.2) is 9.97 Å². The van der Waals surface area contributed by atoms with Crippen LogP contribution in [0, 0.1) is 0 Å². The molecule has 8 nitrogen and oxygen atoms in total. The number of rotatable bonds is 4. The number of hydrogen-bond acceptors (Lipinski definition) is 8. The smallest absolute Gasteiger partial charge is 0.225 e. The monoisotopic (exact) mass is 337 g/mol. The number of fused-ring (bicyclic) bond motifs is 1. The molecule has 2 atom stereocenters. The molecule has 2 aromatic heterocycles. The van der Waals surface area contributed by atoms with Gasteiger partial charge in [0, 0.05) is 14.1 Å². The average Bonchev–Trinajstić information content (AvgIpc) is 2.56. The van der Waals surface area contributed by atoms with Crippen molar-refractivity contribution in [3.05, 3.63) is 5.28 Å². The number of anilines is 3. The predicted molar refractivity (Wildman–Crippen MR) is 91.1 cm³/mol. The van der Waals surface area contributed by atoms with Crippen LogP contribution in [0.25, 0.3) is 11.0 Å². The Hall–Kier alpha value is -1.93. The van der Waals surface area contributed by atoms with E-state index in [1.165, 1.54) is 0 Å². The third kappa shape index (κ3) is 3.23. The van der Waals surface area contributed by atoms with Crippen LogP contribution in [0.5, 0.6) is 0 Å². The SMILES string of the molecule is CNc1nc(N[C@H]2CCCC[C@@H]2O)nc2c(NC)nc(Cl)nc12. The van der Waals surface area contributed by atoms with Crippen LogP contribution >= 0.6 is 11.6 Å². The second kappa shape index (κ2) is 6.67. The minimum absolute atomic E-state index is 0.0443. The summed E-state index contributed by atoms with van der Waals surface area (Å²) in [6.45, 7) is 0. The first-order chi connectivity index (χ1) is 11.1. The minimum atomic E-state index is -0.383. The second-order valence-electron chi connectivity index (χ2n) is 5.54. The Morgan fingerprint density at radius 3 is 2.30 bits per heavy atom. The number of aliphatic hydroxyl groups excluding tert-OH is 1. The molecule has 124 valence electrons.